The highest BCUT2D eigenvalue weighted by Crippen LogP contribution is 2.35. The van der Waals surface area contributed by atoms with Crippen molar-refractivity contribution in [3.63, 3.8) is 0 Å². The van der Waals surface area contributed by atoms with E-state index in [1.807, 2.05) is 13.0 Å². The average Bonchev–Trinajstić information content (AvgIpc) is 2.23. The summed E-state index contributed by atoms with van der Waals surface area (Å²) >= 11 is 0. The van der Waals surface area contributed by atoms with E-state index < -0.39 is 0 Å². The van der Waals surface area contributed by atoms with Crippen molar-refractivity contribution >= 4 is 6.03 Å². The number of hydrogen-bond acceptors (Lipinski definition) is 1. The molecule has 1 saturated heterocycles. The number of likely N-dealkylation sites (tertiary alicyclic amines) is 1. The second-order valence-corrected chi connectivity index (χ2v) is 4.55. The molecule has 0 radical (unpaired) electrons. The van der Waals surface area contributed by atoms with Gasteiger partial charge in [-0.3, -0.25) is 4.90 Å². The van der Waals surface area contributed by atoms with Crippen LogP contribution in [0.5, 0.6) is 0 Å². The minimum Gasteiger partial charge on any atom is -0.351 e. The van der Waals surface area contributed by atoms with E-state index >= 15 is 0 Å². The van der Waals surface area contributed by atoms with Gasteiger partial charge in [-0.1, -0.05) is 32.6 Å². The lowest BCUT2D eigenvalue weighted by atomic mass is 9.85. The van der Waals surface area contributed by atoms with E-state index in [4.69, 9.17) is 5.73 Å². The van der Waals surface area contributed by atoms with Gasteiger partial charge in [0.1, 0.15) is 0 Å². The standard InChI is InChI=1S/C14H22N2O/c1-5-7-12-10(3)9-11(4)16(14(15)17)13(12)8-6-2/h6-8,10-11H,2,5,9H2,1,3-4H3,(H2,15,17)/b12-7-,13-8?/t10-,11+/m0/s1. The fourth-order valence-electron chi connectivity index (χ4n) is 2.52. The summed E-state index contributed by atoms with van der Waals surface area (Å²) < 4.78 is 0. The fourth-order valence-corrected chi connectivity index (χ4v) is 2.52. The molecule has 0 saturated carbocycles. The molecule has 3 heteroatoms. The van der Waals surface area contributed by atoms with Gasteiger partial charge in [0.05, 0.1) is 0 Å². The first-order valence-electron chi connectivity index (χ1n) is 6.14. The number of piperidine rings is 1. The number of allylic oxidation sites excluding steroid dienone is 4. The molecule has 1 aliphatic heterocycles. The second-order valence-electron chi connectivity index (χ2n) is 4.55. The molecule has 1 aliphatic rings. The molecule has 1 rings (SSSR count). The van der Waals surface area contributed by atoms with Gasteiger partial charge in [0.15, 0.2) is 0 Å². The highest BCUT2D eigenvalue weighted by Gasteiger charge is 2.32. The van der Waals surface area contributed by atoms with Crippen LogP contribution in [0.15, 0.2) is 36.1 Å². The van der Waals surface area contributed by atoms with Crippen LogP contribution < -0.4 is 5.73 Å². The van der Waals surface area contributed by atoms with E-state index in [0.29, 0.717) is 5.92 Å². The van der Waals surface area contributed by atoms with Crippen LogP contribution in [0.1, 0.15) is 33.6 Å². The molecule has 94 valence electrons. The Bertz CT molecular complexity index is 368. The highest BCUT2D eigenvalue weighted by atomic mass is 16.2. The first kappa shape index (κ1) is 13.6. The summed E-state index contributed by atoms with van der Waals surface area (Å²) in [4.78, 5) is 13.2. The fraction of sp³-hybridized carbons (Fsp3) is 0.500. The van der Waals surface area contributed by atoms with Crippen LogP contribution in [0, 0.1) is 5.92 Å². The summed E-state index contributed by atoms with van der Waals surface area (Å²) in [6, 6.07) is -0.248. The highest BCUT2D eigenvalue weighted by molar-refractivity contribution is 5.76. The van der Waals surface area contributed by atoms with Crippen molar-refractivity contribution < 1.29 is 4.79 Å². The van der Waals surface area contributed by atoms with Crippen molar-refractivity contribution in [2.45, 2.75) is 39.7 Å². The quantitative estimate of drug-likeness (QED) is 0.783. The summed E-state index contributed by atoms with van der Waals surface area (Å²) in [6.45, 7) is 10.0. The summed E-state index contributed by atoms with van der Waals surface area (Å²) in [6.07, 6.45) is 7.65. The Morgan fingerprint density at radius 2 is 2.24 bits per heavy atom. The third kappa shape index (κ3) is 2.78. The molecule has 0 unspecified atom stereocenters. The maximum absolute atomic E-state index is 11.6. The van der Waals surface area contributed by atoms with Crippen LogP contribution in [-0.4, -0.2) is 17.0 Å². The number of hydrogen-bond donors (Lipinski definition) is 1. The predicted octanol–water partition coefficient (Wildman–Crippen LogP) is 3.20. The lowest BCUT2D eigenvalue weighted by Crippen LogP contribution is -2.46. The number of nitrogens with zero attached hydrogens (tertiary/aromatic N) is 1. The third-order valence-corrected chi connectivity index (χ3v) is 3.16. The van der Waals surface area contributed by atoms with Crippen molar-refractivity contribution in [3.8, 4) is 0 Å². The van der Waals surface area contributed by atoms with Crippen LogP contribution in [0.25, 0.3) is 0 Å². The minimum absolute atomic E-state index is 0.141. The molecular formula is C14H22N2O. The first-order chi connectivity index (χ1) is 8.02. The number of primary amides is 1. The Balaban J connectivity index is 3.22. The smallest absolute Gasteiger partial charge is 0.319 e. The van der Waals surface area contributed by atoms with Crippen molar-refractivity contribution in [2.24, 2.45) is 11.7 Å². The van der Waals surface area contributed by atoms with Crippen LogP contribution >= 0.6 is 0 Å². The molecule has 2 amide bonds. The van der Waals surface area contributed by atoms with Crippen LogP contribution in [0.3, 0.4) is 0 Å². The Hall–Kier alpha value is -1.51. The molecule has 0 spiro atoms. The number of nitrogens with two attached hydrogens (primary N) is 1. The molecular weight excluding hydrogens is 212 g/mol. The van der Waals surface area contributed by atoms with Gasteiger partial charge in [0.2, 0.25) is 0 Å². The average molecular weight is 234 g/mol. The summed E-state index contributed by atoms with van der Waals surface area (Å²) in [7, 11) is 0. The molecule has 17 heavy (non-hydrogen) atoms. The van der Waals surface area contributed by atoms with Gasteiger partial charge in [-0.2, -0.15) is 0 Å². The largest absolute Gasteiger partial charge is 0.351 e. The molecule has 1 heterocycles. The zero-order chi connectivity index (χ0) is 13.0. The molecule has 1 fully saturated rings. The predicted molar refractivity (Wildman–Crippen MR) is 71.3 cm³/mol. The van der Waals surface area contributed by atoms with Crippen LogP contribution in [-0.2, 0) is 0 Å². The van der Waals surface area contributed by atoms with Gasteiger partial charge in [-0.15, -0.1) is 0 Å². The number of carbonyl (C=O) groups excluding carboxylic acids is 1. The van der Waals surface area contributed by atoms with Gasteiger partial charge < -0.3 is 5.73 Å². The van der Waals surface area contributed by atoms with E-state index in [-0.39, 0.29) is 12.1 Å². The topological polar surface area (TPSA) is 46.3 Å². The Labute approximate surface area is 104 Å². The normalized spacial score (nSPS) is 29.7. The zero-order valence-corrected chi connectivity index (χ0v) is 10.9. The lowest BCUT2D eigenvalue weighted by molar-refractivity contribution is 0.191. The molecule has 0 aromatic rings. The Morgan fingerprint density at radius 3 is 2.71 bits per heavy atom. The van der Waals surface area contributed by atoms with Gasteiger partial charge in [0, 0.05) is 11.7 Å². The van der Waals surface area contributed by atoms with Crippen LogP contribution in [0.2, 0.25) is 0 Å². The number of urea groups is 1. The Morgan fingerprint density at radius 1 is 1.59 bits per heavy atom. The number of amides is 2. The second kappa shape index (κ2) is 5.71. The first-order valence-corrected chi connectivity index (χ1v) is 6.14. The van der Waals surface area contributed by atoms with Crippen molar-refractivity contribution in [2.75, 3.05) is 0 Å². The molecule has 0 aromatic carbocycles. The van der Waals surface area contributed by atoms with E-state index in [1.165, 1.54) is 5.57 Å². The van der Waals surface area contributed by atoms with E-state index in [0.717, 1.165) is 18.5 Å². The van der Waals surface area contributed by atoms with Crippen LogP contribution in [0.4, 0.5) is 4.79 Å². The van der Waals surface area contributed by atoms with Crippen molar-refractivity contribution in [3.05, 3.63) is 36.1 Å². The van der Waals surface area contributed by atoms with Gasteiger partial charge in [-0.25, -0.2) is 4.79 Å². The minimum atomic E-state index is -0.389. The monoisotopic (exact) mass is 234 g/mol. The summed E-state index contributed by atoms with van der Waals surface area (Å²) in [5.41, 5.74) is 7.57. The number of rotatable bonds is 2. The van der Waals surface area contributed by atoms with Crippen molar-refractivity contribution in [1.29, 1.82) is 0 Å². The lowest BCUT2D eigenvalue weighted by Gasteiger charge is -2.39. The molecule has 3 nitrogen and oxygen atoms in total. The summed E-state index contributed by atoms with van der Waals surface area (Å²) in [5.74, 6) is 0.451. The van der Waals surface area contributed by atoms with E-state index in [9.17, 15) is 4.79 Å². The van der Waals surface area contributed by atoms with Crippen molar-refractivity contribution in [1.82, 2.24) is 4.90 Å². The van der Waals surface area contributed by atoms with Gasteiger partial charge >= 0.3 is 6.03 Å². The number of carbonyl (C=O) groups is 1. The maximum Gasteiger partial charge on any atom is 0.319 e. The molecule has 2 N–H and O–H groups in total. The zero-order valence-electron chi connectivity index (χ0n) is 10.9. The van der Waals surface area contributed by atoms with Gasteiger partial charge in [-0.05, 0) is 37.3 Å². The maximum atomic E-state index is 11.6. The Kier molecular flexibility index (Phi) is 4.55. The van der Waals surface area contributed by atoms with Gasteiger partial charge in [0.25, 0.3) is 0 Å². The molecule has 2 atom stereocenters. The molecule has 0 bridgehead atoms. The summed E-state index contributed by atoms with van der Waals surface area (Å²) in [5, 5.41) is 0. The molecule has 0 aromatic heterocycles. The van der Waals surface area contributed by atoms with E-state index in [1.54, 1.807) is 11.0 Å². The third-order valence-electron chi connectivity index (χ3n) is 3.16. The molecule has 0 aliphatic carbocycles. The SMILES string of the molecule is C=CC=C1/C(=C\CC)[C@@H](C)C[C@@H](C)N1C(N)=O. The van der Waals surface area contributed by atoms with E-state index in [2.05, 4.69) is 26.5 Å².